The van der Waals surface area contributed by atoms with Crippen molar-refractivity contribution in [2.45, 2.75) is 6.61 Å². The molecule has 0 atom stereocenters. The molecule has 29 heavy (non-hydrogen) atoms. The number of hydrazone groups is 1. The Bertz CT molecular complexity index is 979. The van der Waals surface area contributed by atoms with Crippen LogP contribution in [0.3, 0.4) is 0 Å². The molecule has 0 bridgehead atoms. The van der Waals surface area contributed by atoms with Crippen LogP contribution >= 0.6 is 12.2 Å². The number of anilines is 1. The summed E-state index contributed by atoms with van der Waals surface area (Å²) in [4.78, 5) is 0. The van der Waals surface area contributed by atoms with E-state index in [-0.39, 0.29) is 12.4 Å². The van der Waals surface area contributed by atoms with Crippen LogP contribution in [0.4, 0.5) is 10.1 Å². The molecule has 0 saturated heterocycles. The topological polar surface area (TPSA) is 54.9 Å². The smallest absolute Gasteiger partial charge is 0.191 e. The second-order valence-electron chi connectivity index (χ2n) is 5.98. The fraction of sp³-hybridized carbons (Fsp3) is 0.0909. The summed E-state index contributed by atoms with van der Waals surface area (Å²) < 4.78 is 24.4. The first-order valence-corrected chi connectivity index (χ1v) is 9.26. The van der Waals surface area contributed by atoms with E-state index in [0.29, 0.717) is 22.2 Å². The number of benzene rings is 3. The molecule has 0 amide bonds. The molecule has 0 aromatic heterocycles. The van der Waals surface area contributed by atoms with Crippen molar-refractivity contribution < 1.29 is 13.9 Å². The van der Waals surface area contributed by atoms with Crippen LogP contribution in [0, 0.1) is 5.82 Å². The molecular weight excluding hydrogens is 389 g/mol. The third-order valence-electron chi connectivity index (χ3n) is 3.93. The molecular formula is C22H20FN3O2S. The van der Waals surface area contributed by atoms with Crippen molar-refractivity contribution in [1.82, 2.24) is 5.43 Å². The Labute approximate surface area is 174 Å². The summed E-state index contributed by atoms with van der Waals surface area (Å²) in [6, 6.07) is 21.2. The monoisotopic (exact) mass is 409 g/mol. The Kier molecular flexibility index (Phi) is 7.13. The maximum absolute atomic E-state index is 13.1. The third kappa shape index (κ3) is 6.02. The van der Waals surface area contributed by atoms with Gasteiger partial charge in [0.2, 0.25) is 0 Å². The fourth-order valence-electron chi connectivity index (χ4n) is 2.53. The standard InChI is InChI=1S/C22H20FN3O2S/c1-27-20-9-5-6-17(21(20)28-15-16-10-12-18(23)13-11-16)14-24-26-22(29)25-19-7-3-2-4-8-19/h2-14H,15H2,1H3,(H2,25,26,29)/b24-14+. The van der Waals surface area contributed by atoms with E-state index in [9.17, 15) is 4.39 Å². The molecule has 3 aromatic carbocycles. The summed E-state index contributed by atoms with van der Waals surface area (Å²) in [6.45, 7) is 0.267. The summed E-state index contributed by atoms with van der Waals surface area (Å²) in [5.74, 6) is 0.817. The highest BCUT2D eigenvalue weighted by molar-refractivity contribution is 7.80. The number of rotatable bonds is 7. The zero-order valence-corrected chi connectivity index (χ0v) is 16.6. The van der Waals surface area contributed by atoms with Gasteiger partial charge in [0.05, 0.1) is 13.3 Å². The third-order valence-corrected chi connectivity index (χ3v) is 4.12. The van der Waals surface area contributed by atoms with Gasteiger partial charge in [-0.05, 0) is 54.2 Å². The molecule has 0 radical (unpaired) electrons. The maximum atomic E-state index is 13.1. The number of nitrogens with one attached hydrogen (secondary N) is 2. The quantitative estimate of drug-likeness (QED) is 0.336. The number of hydrogen-bond acceptors (Lipinski definition) is 4. The summed E-state index contributed by atoms with van der Waals surface area (Å²) >= 11 is 5.24. The van der Waals surface area contributed by atoms with Crippen molar-refractivity contribution in [3.8, 4) is 11.5 Å². The van der Waals surface area contributed by atoms with Gasteiger partial charge in [-0.3, -0.25) is 5.43 Å². The van der Waals surface area contributed by atoms with Gasteiger partial charge in [0.1, 0.15) is 12.4 Å². The minimum atomic E-state index is -0.287. The molecule has 3 aromatic rings. The van der Waals surface area contributed by atoms with Crippen LogP contribution in [-0.4, -0.2) is 18.4 Å². The van der Waals surface area contributed by atoms with Crippen LogP contribution in [0.2, 0.25) is 0 Å². The second-order valence-corrected chi connectivity index (χ2v) is 6.39. The Hall–Kier alpha value is -3.45. The molecule has 0 heterocycles. The zero-order valence-electron chi connectivity index (χ0n) is 15.8. The van der Waals surface area contributed by atoms with Crippen molar-refractivity contribution in [3.63, 3.8) is 0 Å². The Morgan fingerprint density at radius 3 is 2.52 bits per heavy atom. The molecule has 0 aliphatic rings. The number of thiocarbonyl (C=S) groups is 1. The minimum absolute atomic E-state index is 0.267. The van der Waals surface area contributed by atoms with Crippen molar-refractivity contribution in [3.05, 3.63) is 89.7 Å². The number of methoxy groups -OCH3 is 1. The predicted molar refractivity (Wildman–Crippen MR) is 117 cm³/mol. The normalized spacial score (nSPS) is 10.6. The molecule has 0 unspecified atom stereocenters. The molecule has 0 saturated carbocycles. The highest BCUT2D eigenvalue weighted by atomic mass is 32.1. The summed E-state index contributed by atoms with van der Waals surface area (Å²) in [7, 11) is 1.57. The van der Waals surface area contributed by atoms with E-state index in [4.69, 9.17) is 21.7 Å². The van der Waals surface area contributed by atoms with E-state index in [1.54, 1.807) is 31.5 Å². The summed E-state index contributed by atoms with van der Waals surface area (Å²) in [6.07, 6.45) is 1.60. The minimum Gasteiger partial charge on any atom is -0.493 e. The van der Waals surface area contributed by atoms with E-state index in [2.05, 4.69) is 15.8 Å². The van der Waals surface area contributed by atoms with Crippen LogP contribution in [-0.2, 0) is 6.61 Å². The summed E-state index contributed by atoms with van der Waals surface area (Å²) in [5.41, 5.74) is 5.19. The largest absolute Gasteiger partial charge is 0.493 e. The van der Waals surface area contributed by atoms with Crippen LogP contribution in [0.1, 0.15) is 11.1 Å². The maximum Gasteiger partial charge on any atom is 0.191 e. The van der Waals surface area contributed by atoms with Crippen LogP contribution < -0.4 is 20.2 Å². The van der Waals surface area contributed by atoms with E-state index in [1.807, 2.05) is 42.5 Å². The first kappa shape index (κ1) is 20.3. The molecule has 3 rings (SSSR count). The van der Waals surface area contributed by atoms with Gasteiger partial charge in [-0.1, -0.05) is 36.4 Å². The van der Waals surface area contributed by atoms with Crippen molar-refractivity contribution in [2.75, 3.05) is 12.4 Å². The summed E-state index contributed by atoms with van der Waals surface area (Å²) in [5, 5.41) is 7.58. The molecule has 0 spiro atoms. The van der Waals surface area contributed by atoms with Crippen LogP contribution in [0.15, 0.2) is 77.9 Å². The van der Waals surface area contributed by atoms with Crippen molar-refractivity contribution >= 4 is 29.2 Å². The van der Waals surface area contributed by atoms with Crippen molar-refractivity contribution in [1.29, 1.82) is 0 Å². The number of halogens is 1. The van der Waals surface area contributed by atoms with Gasteiger partial charge < -0.3 is 14.8 Å². The molecule has 7 heteroatoms. The lowest BCUT2D eigenvalue weighted by Crippen LogP contribution is -2.23. The number of ether oxygens (including phenoxy) is 2. The van der Waals surface area contributed by atoms with Gasteiger partial charge in [0, 0.05) is 11.3 Å². The van der Waals surface area contributed by atoms with Crippen LogP contribution in [0.25, 0.3) is 0 Å². The lowest BCUT2D eigenvalue weighted by Gasteiger charge is -2.13. The van der Waals surface area contributed by atoms with Gasteiger partial charge in [-0.2, -0.15) is 5.10 Å². The van der Waals surface area contributed by atoms with E-state index in [0.717, 1.165) is 11.3 Å². The fourth-order valence-corrected chi connectivity index (χ4v) is 2.70. The average molecular weight is 409 g/mol. The number of nitrogens with zero attached hydrogens (tertiary/aromatic N) is 1. The highest BCUT2D eigenvalue weighted by Crippen LogP contribution is 2.30. The van der Waals surface area contributed by atoms with Crippen LogP contribution in [0.5, 0.6) is 11.5 Å². The average Bonchev–Trinajstić information content (AvgIpc) is 2.74. The van der Waals surface area contributed by atoms with Gasteiger partial charge in [0.15, 0.2) is 16.6 Å². The Morgan fingerprint density at radius 1 is 1.03 bits per heavy atom. The van der Waals surface area contributed by atoms with Gasteiger partial charge >= 0.3 is 0 Å². The van der Waals surface area contributed by atoms with Gasteiger partial charge in [0.25, 0.3) is 0 Å². The highest BCUT2D eigenvalue weighted by Gasteiger charge is 2.10. The van der Waals surface area contributed by atoms with Gasteiger partial charge in [-0.15, -0.1) is 0 Å². The number of para-hydroxylation sites is 2. The predicted octanol–water partition coefficient (Wildman–Crippen LogP) is 4.73. The molecule has 148 valence electrons. The van der Waals surface area contributed by atoms with E-state index in [1.165, 1.54) is 12.1 Å². The van der Waals surface area contributed by atoms with Crippen molar-refractivity contribution in [2.24, 2.45) is 5.10 Å². The van der Waals surface area contributed by atoms with Gasteiger partial charge in [-0.25, -0.2) is 4.39 Å². The number of hydrogen-bond donors (Lipinski definition) is 2. The lowest BCUT2D eigenvalue weighted by molar-refractivity contribution is 0.284. The first-order chi connectivity index (χ1) is 14.2. The van der Waals surface area contributed by atoms with E-state index >= 15 is 0 Å². The Balaban J connectivity index is 1.67. The lowest BCUT2D eigenvalue weighted by atomic mass is 10.2. The molecule has 0 aliphatic carbocycles. The first-order valence-electron chi connectivity index (χ1n) is 8.85. The Morgan fingerprint density at radius 2 is 1.79 bits per heavy atom. The molecule has 0 fully saturated rings. The second kappa shape index (κ2) is 10.2. The SMILES string of the molecule is COc1cccc(/C=N/NC(=S)Nc2ccccc2)c1OCc1ccc(F)cc1. The zero-order chi connectivity index (χ0) is 20.5. The van der Waals surface area contributed by atoms with E-state index < -0.39 is 0 Å². The molecule has 2 N–H and O–H groups in total. The molecule has 0 aliphatic heterocycles. The molecule has 5 nitrogen and oxygen atoms in total.